The zero-order chi connectivity index (χ0) is 12.5. The molecule has 0 unspecified atom stereocenters. The molecule has 1 aromatic rings. The summed E-state index contributed by atoms with van der Waals surface area (Å²) in [7, 11) is -3.15. The van der Waals surface area contributed by atoms with Crippen LogP contribution in [0.4, 0.5) is 0 Å². The molecule has 17 heavy (non-hydrogen) atoms. The van der Waals surface area contributed by atoms with Crippen LogP contribution in [0.3, 0.4) is 0 Å². The number of nitrogens with zero attached hydrogens (tertiary/aromatic N) is 2. The predicted octanol–water partition coefficient (Wildman–Crippen LogP) is 0.732. The van der Waals surface area contributed by atoms with Crippen molar-refractivity contribution in [2.24, 2.45) is 5.73 Å². The maximum atomic E-state index is 11.1. The van der Waals surface area contributed by atoms with Gasteiger partial charge in [0.1, 0.15) is 5.75 Å². The van der Waals surface area contributed by atoms with Gasteiger partial charge in [-0.1, -0.05) is 24.4 Å². The smallest absolute Gasteiger partial charge is 0.241 e. The van der Waals surface area contributed by atoms with E-state index in [2.05, 4.69) is 10.1 Å². The van der Waals surface area contributed by atoms with Crippen LogP contribution < -0.4 is 5.73 Å². The van der Waals surface area contributed by atoms with Crippen molar-refractivity contribution in [2.75, 3.05) is 6.26 Å². The Hall–Kier alpha value is -0.950. The molecule has 96 valence electrons. The number of nitrogens with two attached hydrogens (primary N) is 1. The molecule has 6 nitrogen and oxygen atoms in total. The van der Waals surface area contributed by atoms with Gasteiger partial charge in [-0.15, -0.1) is 0 Å². The van der Waals surface area contributed by atoms with Gasteiger partial charge in [-0.2, -0.15) is 4.98 Å². The lowest BCUT2D eigenvalue weighted by atomic mass is 9.82. The van der Waals surface area contributed by atoms with E-state index in [0.29, 0.717) is 5.82 Å². The summed E-state index contributed by atoms with van der Waals surface area (Å²) in [5.41, 5.74) is 5.68. The largest absolute Gasteiger partial charge is 0.338 e. The van der Waals surface area contributed by atoms with E-state index in [1.54, 1.807) is 0 Å². The van der Waals surface area contributed by atoms with Crippen LogP contribution in [0.2, 0.25) is 0 Å². The predicted molar refractivity (Wildman–Crippen MR) is 61.8 cm³/mol. The fraction of sp³-hybridized carbons (Fsp3) is 0.800. The molecule has 0 aromatic carbocycles. The van der Waals surface area contributed by atoms with E-state index in [4.69, 9.17) is 10.3 Å². The molecule has 0 spiro atoms. The van der Waals surface area contributed by atoms with Crippen LogP contribution in [0.25, 0.3) is 0 Å². The van der Waals surface area contributed by atoms with Crippen molar-refractivity contribution < 1.29 is 12.9 Å². The Balaban J connectivity index is 2.17. The summed E-state index contributed by atoms with van der Waals surface area (Å²) in [4.78, 5) is 4.11. The van der Waals surface area contributed by atoms with Crippen LogP contribution in [-0.2, 0) is 21.1 Å². The average molecular weight is 259 g/mol. The van der Waals surface area contributed by atoms with E-state index in [1.165, 1.54) is 6.42 Å². The van der Waals surface area contributed by atoms with Gasteiger partial charge < -0.3 is 10.3 Å². The van der Waals surface area contributed by atoms with Crippen LogP contribution in [0, 0.1) is 0 Å². The minimum absolute atomic E-state index is 0.123. The highest BCUT2D eigenvalue weighted by atomic mass is 32.2. The van der Waals surface area contributed by atoms with Gasteiger partial charge in [-0.3, -0.25) is 0 Å². The number of rotatable bonds is 3. The van der Waals surface area contributed by atoms with Gasteiger partial charge in [0.2, 0.25) is 5.89 Å². The van der Waals surface area contributed by atoms with Crippen molar-refractivity contribution in [2.45, 2.75) is 43.4 Å². The van der Waals surface area contributed by atoms with Gasteiger partial charge in [0.05, 0.1) is 5.54 Å². The molecule has 2 rings (SSSR count). The van der Waals surface area contributed by atoms with E-state index in [-0.39, 0.29) is 11.6 Å². The van der Waals surface area contributed by atoms with Gasteiger partial charge in [-0.25, -0.2) is 8.42 Å². The maximum absolute atomic E-state index is 11.1. The highest BCUT2D eigenvalue weighted by molar-refractivity contribution is 7.89. The molecular weight excluding hydrogens is 242 g/mol. The second-order valence-electron chi connectivity index (χ2n) is 4.80. The first-order valence-corrected chi connectivity index (χ1v) is 7.75. The lowest BCUT2D eigenvalue weighted by molar-refractivity contribution is 0.273. The third-order valence-corrected chi connectivity index (χ3v) is 3.82. The first kappa shape index (κ1) is 12.5. The normalized spacial score (nSPS) is 20.4. The third-order valence-electron chi connectivity index (χ3n) is 3.04. The van der Waals surface area contributed by atoms with Gasteiger partial charge in [-0.05, 0) is 12.8 Å². The Morgan fingerprint density at radius 2 is 2.00 bits per heavy atom. The minimum atomic E-state index is -3.15. The summed E-state index contributed by atoms with van der Waals surface area (Å²) in [6.45, 7) is 0. The number of aromatic nitrogens is 2. The lowest BCUT2D eigenvalue weighted by Crippen LogP contribution is -2.39. The number of hydrogen-bond acceptors (Lipinski definition) is 6. The van der Waals surface area contributed by atoms with Crippen LogP contribution in [-0.4, -0.2) is 24.8 Å². The third kappa shape index (κ3) is 3.04. The van der Waals surface area contributed by atoms with Crippen molar-refractivity contribution in [1.29, 1.82) is 0 Å². The maximum Gasteiger partial charge on any atom is 0.241 e. The van der Waals surface area contributed by atoms with E-state index < -0.39 is 15.4 Å². The Kier molecular flexibility index (Phi) is 3.22. The summed E-state index contributed by atoms with van der Waals surface area (Å²) in [5.74, 6) is 0.338. The SMILES string of the molecule is CS(=O)(=O)Cc1nc(C2(N)CCCCC2)no1. The molecule has 1 aliphatic rings. The molecule has 1 aliphatic carbocycles. The molecule has 0 amide bonds. The Bertz CT molecular complexity index is 489. The first-order valence-electron chi connectivity index (χ1n) is 5.69. The number of sulfone groups is 1. The van der Waals surface area contributed by atoms with E-state index in [0.717, 1.165) is 31.9 Å². The molecule has 0 bridgehead atoms. The second kappa shape index (κ2) is 4.38. The fourth-order valence-electron chi connectivity index (χ4n) is 2.15. The van der Waals surface area contributed by atoms with Crippen molar-refractivity contribution >= 4 is 9.84 Å². The quantitative estimate of drug-likeness (QED) is 0.859. The Labute approximate surface area is 100 Å². The van der Waals surface area contributed by atoms with E-state index in [1.807, 2.05) is 0 Å². The number of hydrogen-bond donors (Lipinski definition) is 1. The highest BCUT2D eigenvalue weighted by Gasteiger charge is 2.34. The Morgan fingerprint density at radius 1 is 1.35 bits per heavy atom. The van der Waals surface area contributed by atoms with Gasteiger partial charge >= 0.3 is 0 Å². The van der Waals surface area contributed by atoms with Crippen molar-refractivity contribution in [3.63, 3.8) is 0 Å². The van der Waals surface area contributed by atoms with Crippen LogP contribution in [0.1, 0.15) is 43.8 Å². The monoisotopic (exact) mass is 259 g/mol. The van der Waals surface area contributed by atoms with Crippen LogP contribution >= 0.6 is 0 Å². The molecule has 0 aliphatic heterocycles. The molecule has 0 saturated heterocycles. The van der Waals surface area contributed by atoms with Crippen molar-refractivity contribution in [3.8, 4) is 0 Å². The molecule has 2 N–H and O–H groups in total. The zero-order valence-corrected chi connectivity index (χ0v) is 10.7. The summed E-state index contributed by atoms with van der Waals surface area (Å²) >= 11 is 0. The van der Waals surface area contributed by atoms with Crippen LogP contribution in [0.5, 0.6) is 0 Å². The first-order chi connectivity index (χ1) is 7.89. The summed E-state index contributed by atoms with van der Waals surface area (Å²) in [6.07, 6.45) is 6.05. The highest BCUT2D eigenvalue weighted by Crippen LogP contribution is 2.33. The summed E-state index contributed by atoms with van der Waals surface area (Å²) < 4.78 is 27.2. The minimum Gasteiger partial charge on any atom is -0.338 e. The van der Waals surface area contributed by atoms with E-state index >= 15 is 0 Å². The molecule has 1 saturated carbocycles. The fourth-order valence-corrected chi connectivity index (χ4v) is 2.71. The standard InChI is InChI=1S/C10H17N3O3S/c1-17(14,15)7-8-12-9(13-16-8)10(11)5-3-2-4-6-10/h2-7,11H2,1H3. The lowest BCUT2D eigenvalue weighted by Gasteiger charge is -2.29. The molecule has 0 atom stereocenters. The van der Waals surface area contributed by atoms with Gasteiger partial charge in [0, 0.05) is 6.26 Å². The molecule has 7 heteroatoms. The van der Waals surface area contributed by atoms with Crippen molar-refractivity contribution in [3.05, 3.63) is 11.7 Å². The second-order valence-corrected chi connectivity index (χ2v) is 6.94. The molecule has 0 radical (unpaired) electrons. The molecule has 1 heterocycles. The average Bonchev–Trinajstić information content (AvgIpc) is 2.65. The van der Waals surface area contributed by atoms with E-state index in [9.17, 15) is 8.42 Å². The van der Waals surface area contributed by atoms with Gasteiger partial charge in [0.15, 0.2) is 15.7 Å². The van der Waals surface area contributed by atoms with Gasteiger partial charge in [0.25, 0.3) is 0 Å². The molecule has 1 fully saturated rings. The molecule has 1 aromatic heterocycles. The zero-order valence-electron chi connectivity index (χ0n) is 9.85. The Morgan fingerprint density at radius 3 is 2.59 bits per heavy atom. The molecular formula is C10H17N3O3S. The van der Waals surface area contributed by atoms with Crippen molar-refractivity contribution in [1.82, 2.24) is 10.1 Å². The van der Waals surface area contributed by atoms with Crippen LogP contribution in [0.15, 0.2) is 4.52 Å². The summed E-state index contributed by atoms with van der Waals surface area (Å²) in [5, 5.41) is 3.82. The topological polar surface area (TPSA) is 99.1 Å². The summed E-state index contributed by atoms with van der Waals surface area (Å²) in [6, 6.07) is 0.